The Morgan fingerprint density at radius 1 is 0.964 bits per heavy atom. The van der Waals surface area contributed by atoms with Crippen molar-refractivity contribution in [2.75, 3.05) is 18.7 Å². The minimum absolute atomic E-state index is 0.220. The first-order valence-electron chi connectivity index (χ1n) is 8.66. The highest BCUT2D eigenvalue weighted by atomic mass is 32.2. The lowest BCUT2D eigenvalue weighted by Crippen LogP contribution is -2.12. The van der Waals surface area contributed by atoms with Crippen molar-refractivity contribution in [1.29, 1.82) is 0 Å². The maximum Gasteiger partial charge on any atom is 0.255 e. The number of carbonyl (C=O) groups is 1. The first-order valence-corrected chi connectivity index (χ1v) is 10.4. The molecule has 0 heterocycles. The maximum absolute atomic E-state index is 12.5. The summed E-state index contributed by atoms with van der Waals surface area (Å²) < 4.78 is 22.5. The highest BCUT2D eigenvalue weighted by molar-refractivity contribution is 7.83. The van der Waals surface area contributed by atoms with Gasteiger partial charge in [0.25, 0.3) is 5.91 Å². The van der Waals surface area contributed by atoms with Crippen LogP contribution in [0.5, 0.6) is 17.2 Å². The molecule has 0 bridgehead atoms. The Kier molecular flexibility index (Phi) is 6.45. The highest BCUT2D eigenvalue weighted by Crippen LogP contribution is 2.31. The molecule has 0 radical (unpaired) electrons. The van der Waals surface area contributed by atoms with Crippen molar-refractivity contribution in [2.24, 2.45) is 0 Å². The molecular formula is C22H21NO4S. The number of amides is 1. The minimum Gasteiger partial charge on any atom is -0.493 e. The summed E-state index contributed by atoms with van der Waals surface area (Å²) in [5, 5.41) is 2.86. The molecule has 144 valence electrons. The second-order valence-electron chi connectivity index (χ2n) is 6.15. The van der Waals surface area contributed by atoms with Crippen LogP contribution in [0.2, 0.25) is 0 Å². The number of ether oxygens (including phenoxy) is 2. The molecule has 0 aromatic heterocycles. The minimum atomic E-state index is -0.953. The monoisotopic (exact) mass is 395 g/mol. The fraction of sp³-hybridized carbons (Fsp3) is 0.136. The molecule has 0 fully saturated rings. The molecule has 1 atom stereocenters. The molecule has 0 saturated carbocycles. The van der Waals surface area contributed by atoms with Crippen LogP contribution >= 0.6 is 0 Å². The number of anilines is 1. The Bertz CT molecular complexity index is 986. The number of para-hydroxylation sites is 2. The van der Waals surface area contributed by atoms with E-state index in [9.17, 15) is 9.00 Å². The van der Waals surface area contributed by atoms with Gasteiger partial charge in [0.2, 0.25) is 0 Å². The lowest BCUT2D eigenvalue weighted by Gasteiger charge is -2.11. The number of carbonyl (C=O) groups excluding carboxylic acids is 1. The van der Waals surface area contributed by atoms with Crippen molar-refractivity contribution in [3.63, 3.8) is 0 Å². The number of benzene rings is 3. The molecule has 0 aliphatic heterocycles. The summed E-state index contributed by atoms with van der Waals surface area (Å²) in [5.74, 6) is 2.10. The molecule has 0 aliphatic carbocycles. The van der Waals surface area contributed by atoms with Gasteiger partial charge in [0, 0.05) is 34.1 Å². The Hall–Kier alpha value is -3.12. The number of hydrogen-bond donors (Lipinski definition) is 1. The van der Waals surface area contributed by atoms with E-state index >= 15 is 0 Å². The SMILES string of the molecule is COc1ccccc1Oc1ccc(NC(=O)c2cccc(CS(C)=O)c2)cc1. The quantitative estimate of drug-likeness (QED) is 0.634. The topological polar surface area (TPSA) is 64.6 Å². The van der Waals surface area contributed by atoms with E-state index in [2.05, 4.69) is 5.32 Å². The average Bonchev–Trinajstić information content (AvgIpc) is 2.69. The van der Waals surface area contributed by atoms with E-state index in [0.29, 0.717) is 34.3 Å². The molecule has 0 spiro atoms. The number of rotatable bonds is 7. The van der Waals surface area contributed by atoms with Crippen molar-refractivity contribution in [2.45, 2.75) is 5.75 Å². The van der Waals surface area contributed by atoms with E-state index in [1.54, 1.807) is 55.8 Å². The van der Waals surface area contributed by atoms with Gasteiger partial charge in [-0.25, -0.2) is 0 Å². The van der Waals surface area contributed by atoms with E-state index in [1.807, 2.05) is 30.3 Å². The average molecular weight is 395 g/mol. The summed E-state index contributed by atoms with van der Waals surface area (Å²) in [6.45, 7) is 0. The lowest BCUT2D eigenvalue weighted by molar-refractivity contribution is 0.102. The Balaban J connectivity index is 1.67. The van der Waals surface area contributed by atoms with Gasteiger partial charge in [0.05, 0.1) is 7.11 Å². The third-order valence-corrected chi connectivity index (χ3v) is 4.71. The van der Waals surface area contributed by atoms with Crippen LogP contribution in [0.25, 0.3) is 0 Å². The molecule has 5 nitrogen and oxygen atoms in total. The molecule has 3 aromatic rings. The van der Waals surface area contributed by atoms with Gasteiger partial charge in [-0.3, -0.25) is 9.00 Å². The molecule has 0 saturated heterocycles. The van der Waals surface area contributed by atoms with Gasteiger partial charge in [-0.1, -0.05) is 24.3 Å². The van der Waals surface area contributed by atoms with Gasteiger partial charge in [-0.15, -0.1) is 0 Å². The zero-order chi connectivity index (χ0) is 19.9. The van der Waals surface area contributed by atoms with Crippen molar-refractivity contribution in [3.05, 3.63) is 83.9 Å². The van der Waals surface area contributed by atoms with E-state index in [0.717, 1.165) is 5.56 Å². The molecule has 1 unspecified atom stereocenters. The third kappa shape index (κ3) is 5.20. The smallest absolute Gasteiger partial charge is 0.255 e. The van der Waals surface area contributed by atoms with E-state index in [-0.39, 0.29) is 5.91 Å². The van der Waals surface area contributed by atoms with Gasteiger partial charge in [0.15, 0.2) is 11.5 Å². The van der Waals surface area contributed by atoms with E-state index < -0.39 is 10.8 Å². The molecule has 3 aromatic carbocycles. The standard InChI is InChI=1S/C22H21NO4S/c1-26-20-8-3-4-9-21(20)27-19-12-10-18(11-13-19)23-22(24)17-7-5-6-16(14-17)15-28(2)25/h3-14H,15H2,1-2H3,(H,23,24). The molecule has 1 N–H and O–H groups in total. The molecule has 0 aliphatic rings. The molecule has 28 heavy (non-hydrogen) atoms. The van der Waals surface area contributed by atoms with E-state index in [1.165, 1.54) is 0 Å². The fourth-order valence-electron chi connectivity index (χ4n) is 2.68. The van der Waals surface area contributed by atoms with Crippen LogP contribution in [0.3, 0.4) is 0 Å². The maximum atomic E-state index is 12.5. The third-order valence-electron chi connectivity index (χ3n) is 3.97. The van der Waals surface area contributed by atoms with Gasteiger partial charge >= 0.3 is 0 Å². The Morgan fingerprint density at radius 3 is 2.36 bits per heavy atom. The number of hydrogen-bond acceptors (Lipinski definition) is 4. The predicted octanol–water partition coefficient (Wildman–Crippen LogP) is 4.62. The van der Waals surface area contributed by atoms with Gasteiger partial charge in [-0.2, -0.15) is 0 Å². The second-order valence-corrected chi connectivity index (χ2v) is 7.58. The van der Waals surface area contributed by atoms with Gasteiger partial charge in [0.1, 0.15) is 5.75 Å². The number of nitrogens with one attached hydrogen (secondary N) is 1. The summed E-state index contributed by atoms with van der Waals surface area (Å²) in [4.78, 5) is 12.5. The molecule has 1 amide bonds. The van der Waals surface area contributed by atoms with Crippen molar-refractivity contribution >= 4 is 22.4 Å². The largest absolute Gasteiger partial charge is 0.493 e. The fourth-order valence-corrected chi connectivity index (χ4v) is 3.33. The van der Waals surface area contributed by atoms with Crippen LogP contribution in [-0.2, 0) is 16.6 Å². The Labute approximate surface area is 166 Å². The summed E-state index contributed by atoms with van der Waals surface area (Å²) in [6.07, 6.45) is 1.64. The van der Waals surface area contributed by atoms with Crippen LogP contribution in [0.4, 0.5) is 5.69 Å². The van der Waals surface area contributed by atoms with Crippen LogP contribution < -0.4 is 14.8 Å². The van der Waals surface area contributed by atoms with Crippen molar-refractivity contribution in [1.82, 2.24) is 0 Å². The van der Waals surface area contributed by atoms with Crippen LogP contribution in [-0.4, -0.2) is 23.5 Å². The lowest BCUT2D eigenvalue weighted by atomic mass is 10.1. The Morgan fingerprint density at radius 2 is 1.68 bits per heavy atom. The zero-order valence-electron chi connectivity index (χ0n) is 15.7. The summed E-state index contributed by atoms with van der Waals surface area (Å²) in [5.41, 5.74) is 2.05. The normalized spacial score (nSPS) is 11.5. The van der Waals surface area contributed by atoms with Crippen molar-refractivity contribution < 1.29 is 18.5 Å². The van der Waals surface area contributed by atoms with Crippen LogP contribution in [0, 0.1) is 0 Å². The molecular weight excluding hydrogens is 374 g/mol. The predicted molar refractivity (Wildman–Crippen MR) is 112 cm³/mol. The first-order chi connectivity index (χ1) is 13.5. The highest BCUT2D eigenvalue weighted by Gasteiger charge is 2.09. The van der Waals surface area contributed by atoms with Gasteiger partial charge in [-0.05, 0) is 54.1 Å². The van der Waals surface area contributed by atoms with Crippen molar-refractivity contribution in [3.8, 4) is 17.2 Å². The zero-order valence-corrected chi connectivity index (χ0v) is 16.5. The van der Waals surface area contributed by atoms with E-state index in [4.69, 9.17) is 9.47 Å². The van der Waals surface area contributed by atoms with Crippen LogP contribution in [0.15, 0.2) is 72.8 Å². The molecule has 3 rings (SSSR count). The van der Waals surface area contributed by atoms with Crippen LogP contribution in [0.1, 0.15) is 15.9 Å². The van der Waals surface area contributed by atoms with Gasteiger partial charge < -0.3 is 14.8 Å². The summed E-state index contributed by atoms with van der Waals surface area (Å²) in [6, 6.07) is 21.6. The summed E-state index contributed by atoms with van der Waals surface area (Å²) in [7, 11) is 0.639. The second kappa shape index (κ2) is 9.19. The first kappa shape index (κ1) is 19.6. The summed E-state index contributed by atoms with van der Waals surface area (Å²) >= 11 is 0. The number of methoxy groups -OCH3 is 1. The molecule has 6 heteroatoms.